The maximum absolute atomic E-state index is 12.5. The third kappa shape index (κ3) is 6.62. The van der Waals surface area contributed by atoms with Crippen LogP contribution in [0.4, 0.5) is 0 Å². The van der Waals surface area contributed by atoms with Gasteiger partial charge in [0.2, 0.25) is 0 Å². The van der Waals surface area contributed by atoms with Crippen LogP contribution in [0.1, 0.15) is 51.5 Å². The topological polar surface area (TPSA) is 106 Å². The number of nitrogens with one attached hydrogen (secondary N) is 1. The molecule has 2 aromatic carbocycles. The van der Waals surface area contributed by atoms with Crippen molar-refractivity contribution in [2.45, 2.75) is 78.2 Å². The van der Waals surface area contributed by atoms with E-state index in [0.29, 0.717) is 18.6 Å². The molecule has 1 saturated heterocycles. The smallest absolute Gasteiger partial charge is 0.330 e. The Hall–Kier alpha value is -1.91. The second-order valence-electron chi connectivity index (χ2n) is 10.1. The summed E-state index contributed by atoms with van der Waals surface area (Å²) < 4.78 is 23.6. The highest BCUT2D eigenvalue weighted by Gasteiger charge is 2.41. The van der Waals surface area contributed by atoms with Gasteiger partial charge in [-0.05, 0) is 69.2 Å². The Morgan fingerprint density at radius 2 is 1.84 bits per heavy atom. The van der Waals surface area contributed by atoms with Crippen molar-refractivity contribution in [2.75, 3.05) is 6.61 Å². The first-order chi connectivity index (χ1) is 18.1. The van der Waals surface area contributed by atoms with E-state index >= 15 is 0 Å². The van der Waals surface area contributed by atoms with Crippen molar-refractivity contribution in [3.05, 3.63) is 79.0 Å². The molecule has 1 aliphatic rings. The number of aliphatic hydroxyl groups is 1. The van der Waals surface area contributed by atoms with E-state index < -0.39 is 38.2 Å². The molecule has 3 aromatic rings. The van der Waals surface area contributed by atoms with Gasteiger partial charge in [-0.25, -0.2) is 9.46 Å². The largest absolute Gasteiger partial charge is 0.394 e. The predicted molar refractivity (Wildman–Crippen MR) is 152 cm³/mol. The summed E-state index contributed by atoms with van der Waals surface area (Å²) >= 11 is 3.52. The molecule has 9 nitrogen and oxygen atoms in total. The fraction of sp³-hybridized carbons (Fsp3) is 0.481. The molecule has 2 heterocycles. The molecule has 1 aliphatic heterocycles. The summed E-state index contributed by atoms with van der Waals surface area (Å²) in [5.74, 6) is 0. The number of fused-ring (bicyclic) bond motifs is 1. The Kier molecular flexibility index (Phi) is 9.58. The second kappa shape index (κ2) is 12.5. The van der Waals surface area contributed by atoms with Gasteiger partial charge in [-0.3, -0.25) is 14.3 Å². The summed E-state index contributed by atoms with van der Waals surface area (Å²) in [5.41, 5.74) is 0.435. The van der Waals surface area contributed by atoms with Crippen LogP contribution < -0.4 is 11.2 Å². The quantitative estimate of drug-likeness (QED) is 0.313. The van der Waals surface area contributed by atoms with Crippen molar-refractivity contribution in [3.63, 3.8) is 0 Å². The van der Waals surface area contributed by atoms with Crippen molar-refractivity contribution in [2.24, 2.45) is 0 Å². The monoisotopic (exact) mass is 607 g/mol. The molecular formula is C27H35BrN3O6P. The van der Waals surface area contributed by atoms with E-state index in [9.17, 15) is 14.7 Å². The van der Waals surface area contributed by atoms with Crippen LogP contribution in [0.25, 0.3) is 10.8 Å². The first kappa shape index (κ1) is 29.1. The zero-order valence-corrected chi connectivity index (χ0v) is 24.7. The fourth-order valence-corrected chi connectivity index (χ4v) is 6.82. The maximum atomic E-state index is 12.5. The molecule has 2 unspecified atom stereocenters. The zero-order chi connectivity index (χ0) is 27.6. The van der Waals surface area contributed by atoms with E-state index in [2.05, 4.69) is 77.5 Å². The fourth-order valence-electron chi connectivity index (χ4n) is 4.67. The van der Waals surface area contributed by atoms with Crippen LogP contribution in [0.2, 0.25) is 0 Å². The lowest BCUT2D eigenvalue weighted by Gasteiger charge is -2.37. The van der Waals surface area contributed by atoms with Crippen molar-refractivity contribution in [1.82, 2.24) is 14.2 Å². The number of H-pyrrole nitrogens is 1. The van der Waals surface area contributed by atoms with Crippen LogP contribution >= 0.6 is 24.5 Å². The van der Waals surface area contributed by atoms with Gasteiger partial charge < -0.3 is 18.9 Å². The Balaban J connectivity index is 1.56. The molecule has 2 N–H and O–H groups in total. The zero-order valence-electron chi connectivity index (χ0n) is 22.3. The molecule has 0 amide bonds. The summed E-state index contributed by atoms with van der Waals surface area (Å²) in [4.78, 5) is 26.6. The number of benzene rings is 2. The number of halogens is 1. The van der Waals surface area contributed by atoms with Crippen LogP contribution in [-0.2, 0) is 20.4 Å². The Labute approximate surface area is 231 Å². The van der Waals surface area contributed by atoms with Gasteiger partial charge >= 0.3 is 5.69 Å². The number of rotatable bonds is 10. The van der Waals surface area contributed by atoms with Crippen LogP contribution in [0.5, 0.6) is 0 Å². The number of aromatic nitrogens is 2. The lowest BCUT2D eigenvalue weighted by Crippen LogP contribution is -2.36. The number of aliphatic hydroxyl groups excluding tert-OH is 1. The average molecular weight is 608 g/mol. The standard InChI is InChI=1S/C27H35BrN3O6P/c1-16(2)31(17(3)4)38(35-15-19-6-7-21-11-22(28)9-8-20(21)10-19)37-23-12-25(36-24(23)14-32)30-13-18(5)26(33)29-27(30)34/h6-11,13,16-17,23-25,32H,12,14-15H2,1-5H3,(H,29,33,34)/t23-,24?,25-,38?/m1/s1. The highest BCUT2D eigenvalue weighted by molar-refractivity contribution is 9.10. The molecule has 0 saturated carbocycles. The van der Waals surface area contributed by atoms with Crippen molar-refractivity contribution in [1.29, 1.82) is 0 Å². The van der Waals surface area contributed by atoms with Gasteiger partial charge in [-0.1, -0.05) is 34.1 Å². The predicted octanol–water partition coefficient (Wildman–Crippen LogP) is 4.99. The van der Waals surface area contributed by atoms with E-state index in [1.54, 1.807) is 6.92 Å². The minimum Gasteiger partial charge on any atom is -0.394 e. The van der Waals surface area contributed by atoms with Crippen LogP contribution in [-0.4, -0.2) is 50.2 Å². The Bertz CT molecular complexity index is 1370. The van der Waals surface area contributed by atoms with E-state index in [-0.39, 0.29) is 18.7 Å². The summed E-state index contributed by atoms with van der Waals surface area (Å²) in [7, 11) is -1.54. The summed E-state index contributed by atoms with van der Waals surface area (Å²) in [6.07, 6.45) is -0.0247. The third-order valence-corrected chi connectivity index (χ3v) is 9.09. The van der Waals surface area contributed by atoms with E-state index in [1.807, 2.05) is 12.1 Å². The van der Waals surface area contributed by atoms with Crippen LogP contribution in [0.3, 0.4) is 0 Å². The van der Waals surface area contributed by atoms with Crippen molar-refractivity contribution >= 4 is 35.2 Å². The SMILES string of the molecule is Cc1cn([C@H]2C[C@@H](OP(OCc3ccc4cc(Br)ccc4c3)N(C(C)C)C(C)C)C(CO)O2)c(=O)[nH]c1=O. The van der Waals surface area contributed by atoms with Crippen molar-refractivity contribution in [3.8, 4) is 0 Å². The molecule has 4 rings (SSSR count). The van der Waals surface area contributed by atoms with Crippen molar-refractivity contribution < 1.29 is 18.9 Å². The molecule has 1 fully saturated rings. The van der Waals surface area contributed by atoms with Crippen LogP contribution in [0.15, 0.2) is 56.7 Å². The van der Waals surface area contributed by atoms with Gasteiger partial charge in [0.1, 0.15) is 12.3 Å². The molecule has 4 atom stereocenters. The Morgan fingerprint density at radius 3 is 2.53 bits per heavy atom. The molecular weight excluding hydrogens is 573 g/mol. The maximum Gasteiger partial charge on any atom is 0.330 e. The molecule has 0 aliphatic carbocycles. The van der Waals surface area contributed by atoms with E-state index in [0.717, 1.165) is 20.8 Å². The number of hydrogen-bond donors (Lipinski definition) is 2. The average Bonchev–Trinajstić information content (AvgIpc) is 3.26. The van der Waals surface area contributed by atoms with Gasteiger partial charge in [-0.15, -0.1) is 0 Å². The Morgan fingerprint density at radius 1 is 1.16 bits per heavy atom. The molecule has 1 aromatic heterocycles. The third-order valence-electron chi connectivity index (χ3n) is 6.50. The summed E-state index contributed by atoms with van der Waals surface area (Å²) in [6, 6.07) is 12.7. The number of hydrogen-bond acceptors (Lipinski definition) is 7. The minimum atomic E-state index is -1.54. The van der Waals surface area contributed by atoms with Gasteiger partial charge in [-0.2, -0.15) is 0 Å². The summed E-state index contributed by atoms with van der Waals surface area (Å²) in [6.45, 7) is 10.1. The highest BCUT2D eigenvalue weighted by Crippen LogP contribution is 2.50. The number of aromatic amines is 1. The van der Waals surface area contributed by atoms with E-state index in [4.69, 9.17) is 13.8 Å². The van der Waals surface area contributed by atoms with Gasteiger partial charge in [0.05, 0.1) is 19.3 Å². The van der Waals surface area contributed by atoms with Crippen LogP contribution in [0, 0.1) is 6.92 Å². The van der Waals surface area contributed by atoms with Gasteiger partial charge in [0.25, 0.3) is 14.1 Å². The minimum absolute atomic E-state index is 0.144. The second-order valence-corrected chi connectivity index (χ2v) is 12.4. The number of aryl methyl sites for hydroxylation is 1. The molecule has 0 bridgehead atoms. The number of ether oxygens (including phenoxy) is 1. The highest BCUT2D eigenvalue weighted by atomic mass is 79.9. The molecule has 38 heavy (non-hydrogen) atoms. The lowest BCUT2D eigenvalue weighted by molar-refractivity contribution is -0.0441. The number of nitrogens with zero attached hydrogens (tertiary/aromatic N) is 2. The normalized spacial score (nSPS) is 20.7. The molecule has 0 radical (unpaired) electrons. The molecule has 0 spiro atoms. The summed E-state index contributed by atoms with van der Waals surface area (Å²) in [5, 5.41) is 12.3. The molecule has 11 heteroatoms. The first-order valence-corrected chi connectivity index (χ1v) is 14.6. The first-order valence-electron chi connectivity index (χ1n) is 12.7. The molecule has 206 valence electrons. The lowest BCUT2D eigenvalue weighted by atomic mass is 10.1. The van der Waals surface area contributed by atoms with Gasteiger partial charge in [0.15, 0.2) is 0 Å². The van der Waals surface area contributed by atoms with Gasteiger partial charge in [0, 0.05) is 34.7 Å². The van der Waals surface area contributed by atoms with E-state index in [1.165, 1.54) is 10.8 Å².